The summed E-state index contributed by atoms with van der Waals surface area (Å²) in [7, 11) is 9.54. The molecular weight excluding hydrogens is 1350 g/mol. The van der Waals surface area contributed by atoms with E-state index in [-0.39, 0.29) is 69.9 Å². The first-order valence-electron chi connectivity index (χ1n) is 37.2. The predicted molar refractivity (Wildman–Crippen MR) is 398 cm³/mol. The number of allylic oxidation sites excluding steroid dienone is 2. The summed E-state index contributed by atoms with van der Waals surface area (Å²) in [4.78, 5) is 198. The van der Waals surface area contributed by atoms with E-state index < -0.39 is 161 Å². The Hall–Kier alpha value is -9.31. The van der Waals surface area contributed by atoms with Gasteiger partial charge in [0.05, 0.1) is 11.4 Å². The van der Waals surface area contributed by atoms with Crippen LogP contribution < -0.4 is 21.3 Å². The largest absolute Gasteiger partial charge is 0.507 e. The Morgan fingerprint density at radius 2 is 1.02 bits per heavy atom. The summed E-state index contributed by atoms with van der Waals surface area (Å²) in [6.45, 7) is 19.1. The lowest BCUT2D eigenvalue weighted by atomic mass is 9.95. The number of carboxylic acids is 1. The van der Waals surface area contributed by atoms with Crippen molar-refractivity contribution in [2.45, 2.75) is 265 Å². The zero-order valence-electron chi connectivity index (χ0n) is 65.2. The number of esters is 1. The van der Waals surface area contributed by atoms with Gasteiger partial charge in [-0.05, 0) is 114 Å². The highest BCUT2D eigenvalue weighted by Gasteiger charge is 2.45. The van der Waals surface area contributed by atoms with Crippen LogP contribution in [0.5, 0.6) is 5.75 Å². The van der Waals surface area contributed by atoms with Gasteiger partial charge in [-0.15, -0.1) is 0 Å². The summed E-state index contributed by atoms with van der Waals surface area (Å²) in [5.41, 5.74) is 0.533. The molecule has 2 aromatic rings. The number of unbranched alkanes of at least 4 members (excludes halogenated alkanes) is 3. The lowest BCUT2D eigenvalue weighted by molar-refractivity contribution is -0.162. The Kier molecular flexibility index (Phi) is 38.1. The maximum absolute atomic E-state index is 15.8. The molecule has 1 heterocycles. The van der Waals surface area contributed by atoms with E-state index in [0.29, 0.717) is 69.0 Å². The molecule has 0 bridgehead atoms. The SMILES string of the molecule is C/C=C/C(C)CC(OC(=O)CCc1ccccc1N=Nc1ccc(O)c(C(=O)O)c1)C1C(=O)NC(CC)C(=O)N(C)C(=O)N(C)C(CCCC)C(=O)NC(CCC)C(=O)N(C)C(CCCC)C(=O)NC(C)C(=O)NC(C)C(=O)N(C)C(CCC)C(=O)N(C)C(CCCC)C(=O)N(C)C(CCC)C(=O)N1C. The normalized spacial score (nSPS) is 23.5. The number of ether oxygens (including phenoxy) is 1. The highest BCUT2D eigenvalue weighted by atomic mass is 16.5. The molecular formula is C76H119N13O16. The molecule has 29 heteroatoms. The zero-order valence-corrected chi connectivity index (χ0v) is 65.2. The van der Waals surface area contributed by atoms with Crippen LogP contribution in [0.15, 0.2) is 64.8 Å². The number of azo groups is 1. The number of amides is 12. The minimum absolute atomic E-state index is 0.00651. The number of nitrogens with zero attached hydrogens (tertiary/aromatic N) is 9. The number of imide groups is 1. The number of rotatable bonds is 27. The molecule has 0 saturated carbocycles. The number of aromatic carboxylic acids is 1. The van der Waals surface area contributed by atoms with Crippen LogP contribution in [0.2, 0.25) is 0 Å². The molecule has 1 aliphatic rings. The van der Waals surface area contributed by atoms with Crippen molar-refractivity contribution in [2.75, 3.05) is 49.3 Å². The van der Waals surface area contributed by atoms with E-state index in [1.165, 1.54) is 94.9 Å². The van der Waals surface area contributed by atoms with Crippen molar-refractivity contribution in [1.82, 2.24) is 55.6 Å². The van der Waals surface area contributed by atoms with Crippen LogP contribution in [0.4, 0.5) is 16.2 Å². The first-order chi connectivity index (χ1) is 49.7. The van der Waals surface area contributed by atoms with Gasteiger partial charge in [0.1, 0.15) is 77.8 Å². The summed E-state index contributed by atoms with van der Waals surface area (Å²) >= 11 is 0. The van der Waals surface area contributed by atoms with Crippen molar-refractivity contribution in [1.29, 1.82) is 0 Å². The lowest BCUT2D eigenvalue weighted by Gasteiger charge is -2.40. The third-order valence-electron chi connectivity index (χ3n) is 19.3. The number of hydrogen-bond donors (Lipinski definition) is 6. The van der Waals surface area contributed by atoms with Crippen molar-refractivity contribution in [3.8, 4) is 5.75 Å². The van der Waals surface area contributed by atoms with Crippen LogP contribution in [0, 0.1) is 5.92 Å². The number of hydrogen-bond acceptors (Lipinski definition) is 17. The standard InChI is InChI=1S/C76H119N13O16/c1-19-27-38-56-66(93)77-48(10)65(92)78-49(11)69(96)84(13)58(34-24-6)72(99)86(15)60(40-29-21-3)73(100)85(14)59(35-25-7)74(101)88(17)64(68(95)79-53(26-8)70(97)89(18)76(104)87(16)57(39-28-20-2)67(94)80-55(33-23-5)71(98)83(56)12)62(45-47(9)32-22-4)105-63(91)44-41-50-36-30-31-37-54(50)82-81-51-42-43-61(90)52(46-51)75(102)103/h22,30-32,36-37,42-43,46-49,53,55-60,62,64,90H,19-21,23-29,33-35,38-41,44-45H2,1-18H3,(H,77,93)(H,78,92)(H,79,95)(H,80,94)(H,102,103)/b32-22+,82-81?. The molecule has 1 fully saturated rings. The van der Waals surface area contributed by atoms with Gasteiger partial charge >= 0.3 is 18.0 Å². The van der Waals surface area contributed by atoms with Gasteiger partial charge in [-0.1, -0.05) is 144 Å². The van der Waals surface area contributed by atoms with Crippen LogP contribution >= 0.6 is 0 Å². The molecule has 1 aliphatic heterocycles. The van der Waals surface area contributed by atoms with Crippen molar-refractivity contribution in [3.63, 3.8) is 0 Å². The van der Waals surface area contributed by atoms with Gasteiger partial charge in [0, 0.05) is 55.8 Å². The van der Waals surface area contributed by atoms with Gasteiger partial charge in [0.15, 0.2) is 0 Å². The summed E-state index contributed by atoms with van der Waals surface area (Å²) < 4.78 is 6.38. The van der Waals surface area contributed by atoms with Crippen LogP contribution in [0.1, 0.15) is 208 Å². The number of carbonyl (C=O) groups is 13. The average molecular weight is 1470 g/mol. The fourth-order valence-corrected chi connectivity index (χ4v) is 12.8. The van der Waals surface area contributed by atoms with Gasteiger partial charge in [0.25, 0.3) is 5.91 Å². The number of benzene rings is 2. The second kappa shape index (κ2) is 44.5. The Labute approximate surface area is 620 Å². The van der Waals surface area contributed by atoms with E-state index in [9.17, 15) is 53.4 Å². The van der Waals surface area contributed by atoms with Gasteiger partial charge < -0.3 is 65.6 Å². The second-order valence-corrected chi connectivity index (χ2v) is 27.4. The molecule has 12 amide bonds. The number of carbonyl (C=O) groups excluding carboxylic acids is 12. The van der Waals surface area contributed by atoms with E-state index in [1.807, 2.05) is 27.7 Å². The van der Waals surface area contributed by atoms with Gasteiger partial charge in [-0.3, -0.25) is 57.6 Å². The van der Waals surface area contributed by atoms with Crippen LogP contribution in [0.3, 0.4) is 0 Å². The Bertz CT molecular complexity index is 3360. The monoisotopic (exact) mass is 1470 g/mol. The lowest BCUT2D eigenvalue weighted by Crippen LogP contribution is -2.63. The number of carboxylic acid groups (broad SMARTS) is 1. The molecule has 29 nitrogen and oxygen atoms in total. The average Bonchev–Trinajstić information content (AvgIpc) is 0.800. The summed E-state index contributed by atoms with van der Waals surface area (Å²) in [6.07, 6.45) is 6.41. The molecule has 0 radical (unpaired) electrons. The molecule has 0 aliphatic carbocycles. The van der Waals surface area contributed by atoms with Crippen molar-refractivity contribution < 1.29 is 77.3 Å². The number of aromatic hydroxyl groups is 1. The topological polar surface area (TPSA) is 367 Å². The molecule has 6 N–H and O–H groups in total. The number of aryl methyl sites for hydroxylation is 1. The van der Waals surface area contributed by atoms with Crippen molar-refractivity contribution >= 4 is 88.4 Å². The molecule has 584 valence electrons. The first kappa shape index (κ1) is 89.9. The predicted octanol–water partition coefficient (Wildman–Crippen LogP) is 8.34. The highest BCUT2D eigenvalue weighted by Crippen LogP contribution is 2.30. The molecule has 1 saturated heterocycles. The van der Waals surface area contributed by atoms with E-state index in [2.05, 4.69) is 31.5 Å². The first-order valence-corrected chi connectivity index (χ1v) is 37.2. The Balaban J connectivity index is 2.40. The molecule has 0 aromatic heterocycles. The van der Waals surface area contributed by atoms with Crippen molar-refractivity contribution in [3.05, 3.63) is 65.7 Å². The van der Waals surface area contributed by atoms with Crippen LogP contribution in [-0.4, -0.2) is 237 Å². The summed E-state index contributed by atoms with van der Waals surface area (Å²) in [5.74, 6) is -10.6. The minimum atomic E-state index is -1.77. The number of nitrogens with one attached hydrogen (secondary N) is 4. The molecule has 12 unspecified atom stereocenters. The quantitative estimate of drug-likeness (QED) is 0.0278. The van der Waals surface area contributed by atoms with Crippen molar-refractivity contribution in [2.24, 2.45) is 16.1 Å². The third-order valence-corrected chi connectivity index (χ3v) is 19.3. The second-order valence-electron chi connectivity index (χ2n) is 27.4. The number of phenols is 1. The fourth-order valence-electron chi connectivity index (χ4n) is 12.8. The number of urea groups is 1. The Morgan fingerprint density at radius 1 is 0.533 bits per heavy atom. The molecule has 2 aromatic carbocycles. The molecule has 3 rings (SSSR count). The van der Waals surface area contributed by atoms with Gasteiger partial charge in [-0.2, -0.15) is 10.2 Å². The zero-order chi connectivity index (χ0) is 79.1. The van der Waals surface area contributed by atoms with E-state index in [0.717, 1.165) is 20.8 Å². The summed E-state index contributed by atoms with van der Waals surface area (Å²) in [6, 6.07) is -3.68. The Morgan fingerprint density at radius 3 is 1.55 bits per heavy atom. The van der Waals surface area contributed by atoms with E-state index in [1.54, 1.807) is 71.0 Å². The van der Waals surface area contributed by atoms with E-state index >= 15 is 19.2 Å². The van der Waals surface area contributed by atoms with Crippen LogP contribution in [-0.2, 0) is 63.9 Å². The van der Waals surface area contributed by atoms with Crippen LogP contribution in [0.25, 0.3) is 0 Å². The fraction of sp³-hybridized carbons (Fsp3) is 0.645. The number of likely N-dealkylation sites (N-methyl/N-ethyl adjacent to an activating group) is 7. The highest BCUT2D eigenvalue weighted by molar-refractivity contribution is 6.02. The summed E-state index contributed by atoms with van der Waals surface area (Å²) in [5, 5.41) is 39.2. The third kappa shape index (κ3) is 25.5. The maximum atomic E-state index is 15.8. The minimum Gasteiger partial charge on any atom is -0.507 e. The van der Waals surface area contributed by atoms with Gasteiger partial charge in [0.2, 0.25) is 53.2 Å². The maximum Gasteiger partial charge on any atom is 0.339 e. The molecule has 105 heavy (non-hydrogen) atoms. The smallest absolute Gasteiger partial charge is 0.339 e. The molecule has 12 atom stereocenters. The van der Waals surface area contributed by atoms with Gasteiger partial charge in [-0.25, -0.2) is 9.59 Å². The van der Waals surface area contributed by atoms with E-state index in [4.69, 9.17) is 4.74 Å². The molecule has 0 spiro atoms.